The summed E-state index contributed by atoms with van der Waals surface area (Å²) < 4.78 is 0. The first-order chi connectivity index (χ1) is 8.18. The van der Waals surface area contributed by atoms with E-state index >= 15 is 0 Å². The maximum atomic E-state index is 9.51. The van der Waals surface area contributed by atoms with Gasteiger partial charge in [0.25, 0.3) is 0 Å². The lowest BCUT2D eigenvalue weighted by Gasteiger charge is -2.38. The molecule has 17 heavy (non-hydrogen) atoms. The second kappa shape index (κ2) is 5.68. The van der Waals surface area contributed by atoms with Gasteiger partial charge in [-0.2, -0.15) is 0 Å². The van der Waals surface area contributed by atoms with Gasteiger partial charge in [0.05, 0.1) is 12.1 Å². The van der Waals surface area contributed by atoms with Crippen molar-refractivity contribution in [3.63, 3.8) is 0 Å². The molecule has 3 nitrogen and oxygen atoms in total. The summed E-state index contributed by atoms with van der Waals surface area (Å²) in [6.45, 7) is 5.67. The van der Waals surface area contributed by atoms with Crippen LogP contribution >= 0.6 is 0 Å². The Morgan fingerprint density at radius 1 is 1.24 bits per heavy atom. The summed E-state index contributed by atoms with van der Waals surface area (Å²) in [6.07, 6.45) is 7.75. The molecule has 0 aromatic rings. The van der Waals surface area contributed by atoms with Crippen molar-refractivity contribution in [1.82, 2.24) is 4.90 Å². The normalized spacial score (nSPS) is 27.0. The molecule has 0 bridgehead atoms. The SMILES string of the molecule is CCCC1CCN(CC(N)(CO)C2CC2)CC1. The maximum Gasteiger partial charge on any atom is 0.0626 e. The number of rotatable bonds is 6. The summed E-state index contributed by atoms with van der Waals surface area (Å²) in [5.74, 6) is 1.50. The van der Waals surface area contributed by atoms with Gasteiger partial charge in [0, 0.05) is 6.54 Å². The second-order valence-corrected chi connectivity index (χ2v) is 6.17. The van der Waals surface area contributed by atoms with E-state index < -0.39 is 0 Å². The molecule has 1 aliphatic heterocycles. The van der Waals surface area contributed by atoms with Crippen LogP contribution in [0.2, 0.25) is 0 Å². The highest BCUT2D eigenvalue weighted by Gasteiger charge is 2.43. The lowest BCUT2D eigenvalue weighted by Crippen LogP contribution is -2.56. The standard InChI is InChI=1S/C14H28N2O/c1-2-3-12-6-8-16(9-7-12)10-14(15,11-17)13-4-5-13/h12-13,17H,2-11,15H2,1H3. The molecule has 0 radical (unpaired) electrons. The Kier molecular flexibility index (Phi) is 4.45. The smallest absolute Gasteiger partial charge is 0.0626 e. The Bertz CT molecular complexity index is 234. The van der Waals surface area contributed by atoms with Crippen molar-refractivity contribution in [1.29, 1.82) is 0 Å². The molecule has 2 fully saturated rings. The molecule has 2 aliphatic rings. The van der Waals surface area contributed by atoms with E-state index in [9.17, 15) is 5.11 Å². The largest absolute Gasteiger partial charge is 0.394 e. The molecule has 1 saturated carbocycles. The average Bonchev–Trinajstić information content (AvgIpc) is 3.16. The summed E-state index contributed by atoms with van der Waals surface area (Å²) in [4.78, 5) is 2.47. The van der Waals surface area contributed by atoms with Crippen molar-refractivity contribution in [2.45, 2.75) is 51.0 Å². The summed E-state index contributed by atoms with van der Waals surface area (Å²) in [5.41, 5.74) is 6.01. The lowest BCUT2D eigenvalue weighted by atomic mass is 9.89. The third-order valence-electron chi connectivity index (χ3n) is 4.61. The van der Waals surface area contributed by atoms with E-state index in [4.69, 9.17) is 5.73 Å². The Morgan fingerprint density at radius 3 is 2.35 bits per heavy atom. The highest BCUT2D eigenvalue weighted by Crippen LogP contribution is 2.39. The van der Waals surface area contributed by atoms with Crippen molar-refractivity contribution in [3.8, 4) is 0 Å². The van der Waals surface area contributed by atoms with E-state index in [0.717, 1.165) is 12.5 Å². The van der Waals surface area contributed by atoms with Crippen molar-refractivity contribution < 1.29 is 5.11 Å². The Balaban J connectivity index is 1.76. The Hall–Kier alpha value is -0.120. The highest BCUT2D eigenvalue weighted by atomic mass is 16.3. The van der Waals surface area contributed by atoms with E-state index in [1.165, 1.54) is 51.6 Å². The number of aliphatic hydroxyl groups is 1. The van der Waals surface area contributed by atoms with Gasteiger partial charge in [0.15, 0.2) is 0 Å². The van der Waals surface area contributed by atoms with Crippen molar-refractivity contribution in [2.75, 3.05) is 26.2 Å². The van der Waals surface area contributed by atoms with E-state index in [1.807, 2.05) is 0 Å². The fourth-order valence-electron chi connectivity index (χ4n) is 3.22. The van der Waals surface area contributed by atoms with E-state index in [1.54, 1.807) is 0 Å². The second-order valence-electron chi connectivity index (χ2n) is 6.17. The van der Waals surface area contributed by atoms with E-state index in [-0.39, 0.29) is 12.1 Å². The van der Waals surface area contributed by atoms with Gasteiger partial charge < -0.3 is 15.7 Å². The lowest BCUT2D eigenvalue weighted by molar-refractivity contribution is 0.0953. The molecule has 100 valence electrons. The number of aliphatic hydroxyl groups excluding tert-OH is 1. The topological polar surface area (TPSA) is 49.5 Å². The first-order valence-corrected chi connectivity index (χ1v) is 7.30. The van der Waals surface area contributed by atoms with Crippen molar-refractivity contribution in [3.05, 3.63) is 0 Å². The molecule has 1 aliphatic carbocycles. The zero-order chi connectivity index (χ0) is 12.3. The fraction of sp³-hybridized carbons (Fsp3) is 1.00. The number of likely N-dealkylation sites (tertiary alicyclic amines) is 1. The van der Waals surface area contributed by atoms with Crippen LogP contribution in [0.1, 0.15) is 45.4 Å². The van der Waals surface area contributed by atoms with Crippen molar-refractivity contribution >= 4 is 0 Å². The molecule has 0 aromatic carbocycles. The first-order valence-electron chi connectivity index (χ1n) is 7.30. The molecule has 2 rings (SSSR count). The minimum Gasteiger partial charge on any atom is -0.394 e. The monoisotopic (exact) mass is 240 g/mol. The number of hydrogen-bond acceptors (Lipinski definition) is 3. The Labute approximate surface area is 105 Å². The molecule has 0 aromatic heterocycles. The van der Waals surface area contributed by atoms with Crippen LogP contribution in [0, 0.1) is 11.8 Å². The molecular weight excluding hydrogens is 212 g/mol. The quantitative estimate of drug-likeness (QED) is 0.741. The van der Waals surface area contributed by atoms with Crippen LogP contribution in [0.4, 0.5) is 0 Å². The van der Waals surface area contributed by atoms with Gasteiger partial charge in [0.1, 0.15) is 0 Å². The van der Waals surface area contributed by atoms with Gasteiger partial charge in [-0.15, -0.1) is 0 Å². The number of nitrogens with two attached hydrogens (primary N) is 1. The van der Waals surface area contributed by atoms with Crippen LogP contribution in [0.25, 0.3) is 0 Å². The Morgan fingerprint density at radius 2 is 1.88 bits per heavy atom. The van der Waals surface area contributed by atoms with Crippen molar-refractivity contribution in [2.24, 2.45) is 17.6 Å². The molecule has 0 spiro atoms. The highest BCUT2D eigenvalue weighted by molar-refractivity contribution is 5.00. The van der Waals surface area contributed by atoms with Gasteiger partial charge in [-0.05, 0) is 50.6 Å². The van der Waals surface area contributed by atoms with Gasteiger partial charge in [0.2, 0.25) is 0 Å². The molecule has 3 N–H and O–H groups in total. The van der Waals surface area contributed by atoms with Gasteiger partial charge in [-0.1, -0.05) is 19.8 Å². The number of hydrogen-bond donors (Lipinski definition) is 2. The molecule has 1 saturated heterocycles. The zero-order valence-corrected chi connectivity index (χ0v) is 11.2. The van der Waals surface area contributed by atoms with Crippen LogP contribution in [-0.2, 0) is 0 Å². The van der Waals surface area contributed by atoms with Gasteiger partial charge >= 0.3 is 0 Å². The van der Waals surface area contributed by atoms with Crippen LogP contribution in [0.3, 0.4) is 0 Å². The van der Waals surface area contributed by atoms with Gasteiger partial charge in [-0.3, -0.25) is 0 Å². The molecular formula is C14H28N2O. The predicted molar refractivity (Wildman–Crippen MR) is 70.8 cm³/mol. The number of nitrogens with zero attached hydrogens (tertiary/aromatic N) is 1. The average molecular weight is 240 g/mol. The molecule has 0 amide bonds. The fourth-order valence-corrected chi connectivity index (χ4v) is 3.22. The third-order valence-corrected chi connectivity index (χ3v) is 4.61. The van der Waals surface area contributed by atoms with E-state index in [0.29, 0.717) is 5.92 Å². The first kappa shape index (κ1) is 13.3. The summed E-state index contributed by atoms with van der Waals surface area (Å²) in [6, 6.07) is 0. The van der Waals surface area contributed by atoms with Gasteiger partial charge in [-0.25, -0.2) is 0 Å². The predicted octanol–water partition coefficient (Wildman–Crippen LogP) is 1.60. The van der Waals surface area contributed by atoms with Crippen LogP contribution < -0.4 is 5.73 Å². The van der Waals surface area contributed by atoms with Crippen LogP contribution in [0.15, 0.2) is 0 Å². The number of piperidine rings is 1. The van der Waals surface area contributed by atoms with E-state index in [2.05, 4.69) is 11.8 Å². The van der Waals surface area contributed by atoms with Crippen LogP contribution in [-0.4, -0.2) is 41.8 Å². The summed E-state index contributed by atoms with van der Waals surface area (Å²) in [5, 5.41) is 9.51. The minimum absolute atomic E-state index is 0.145. The molecule has 1 unspecified atom stereocenters. The summed E-state index contributed by atoms with van der Waals surface area (Å²) in [7, 11) is 0. The molecule has 3 heteroatoms. The molecule has 1 atom stereocenters. The third kappa shape index (κ3) is 3.43. The zero-order valence-electron chi connectivity index (χ0n) is 11.2. The maximum absolute atomic E-state index is 9.51. The van der Waals surface area contributed by atoms with Crippen LogP contribution in [0.5, 0.6) is 0 Å². The molecule has 1 heterocycles. The minimum atomic E-state index is -0.322. The summed E-state index contributed by atoms with van der Waals surface area (Å²) >= 11 is 0.